The normalized spacial score (nSPS) is 31.3. The molecule has 2 atom stereocenters. The van der Waals surface area contributed by atoms with E-state index in [1.54, 1.807) is 0 Å². The van der Waals surface area contributed by atoms with Crippen molar-refractivity contribution in [2.45, 2.75) is 55.8 Å². The van der Waals surface area contributed by atoms with Crippen molar-refractivity contribution in [1.29, 1.82) is 0 Å². The lowest BCUT2D eigenvalue weighted by molar-refractivity contribution is -0.122. The van der Waals surface area contributed by atoms with Crippen LogP contribution in [0.1, 0.15) is 51.9 Å². The van der Waals surface area contributed by atoms with Crippen molar-refractivity contribution in [3.8, 4) is 12.3 Å². The summed E-state index contributed by atoms with van der Waals surface area (Å²) in [6.45, 7) is 2.26. The Balaban J connectivity index is 2.43. The fourth-order valence-corrected chi connectivity index (χ4v) is 3.25. The lowest BCUT2D eigenvalue weighted by Gasteiger charge is -2.37. The molecule has 0 aromatic rings. The zero-order valence-electron chi connectivity index (χ0n) is 9.39. The SMILES string of the molecule is C#CCCCC[C@@]1(C)CCCC(=O)[C@@H]1I. The number of Topliss-reactive ketones (excluding diaryl/α,β-unsaturated/α-hetero) is 1. The topological polar surface area (TPSA) is 17.1 Å². The van der Waals surface area contributed by atoms with Crippen LogP contribution in [0, 0.1) is 17.8 Å². The van der Waals surface area contributed by atoms with E-state index in [0.29, 0.717) is 5.78 Å². The van der Waals surface area contributed by atoms with Gasteiger partial charge in [0.25, 0.3) is 0 Å². The minimum Gasteiger partial charge on any atom is -0.299 e. The predicted molar refractivity (Wildman–Crippen MR) is 72.1 cm³/mol. The zero-order chi connectivity index (χ0) is 11.3. The molecule has 0 aromatic heterocycles. The van der Waals surface area contributed by atoms with Gasteiger partial charge in [-0.15, -0.1) is 12.3 Å². The van der Waals surface area contributed by atoms with Gasteiger partial charge >= 0.3 is 0 Å². The number of hydrogen-bond acceptors (Lipinski definition) is 1. The molecule has 15 heavy (non-hydrogen) atoms. The maximum absolute atomic E-state index is 11.7. The molecule has 0 aromatic carbocycles. The van der Waals surface area contributed by atoms with Crippen molar-refractivity contribution in [1.82, 2.24) is 0 Å². The molecule has 0 aliphatic heterocycles. The van der Waals surface area contributed by atoms with E-state index < -0.39 is 0 Å². The number of carbonyl (C=O) groups is 1. The standard InChI is InChI=1S/C13H19IO/c1-3-4-5-6-9-13(2)10-7-8-11(15)12(13)14/h1,12H,4-10H2,2H3/t12-,13-/m0/s1. The predicted octanol–water partition coefficient (Wildman–Crippen LogP) is 3.74. The smallest absolute Gasteiger partial charge is 0.146 e. The summed E-state index contributed by atoms with van der Waals surface area (Å²) in [6, 6.07) is 0. The molecule has 1 saturated carbocycles. The van der Waals surface area contributed by atoms with Gasteiger partial charge in [-0.25, -0.2) is 0 Å². The third-order valence-electron chi connectivity index (χ3n) is 3.38. The number of unbranched alkanes of at least 4 members (excludes halogenated alkanes) is 2. The molecule has 1 aliphatic rings. The first-order valence-corrected chi connectivity index (χ1v) is 6.95. The first kappa shape index (κ1) is 13.0. The molecule has 0 bridgehead atoms. The van der Waals surface area contributed by atoms with Gasteiger partial charge < -0.3 is 0 Å². The molecule has 0 heterocycles. The fraction of sp³-hybridized carbons (Fsp3) is 0.769. The minimum absolute atomic E-state index is 0.217. The van der Waals surface area contributed by atoms with Gasteiger partial charge in [-0.1, -0.05) is 35.9 Å². The van der Waals surface area contributed by atoms with Crippen LogP contribution in [0.2, 0.25) is 0 Å². The van der Waals surface area contributed by atoms with E-state index in [1.807, 2.05) is 0 Å². The molecule has 1 nitrogen and oxygen atoms in total. The van der Waals surface area contributed by atoms with Gasteiger partial charge in [-0.2, -0.15) is 0 Å². The van der Waals surface area contributed by atoms with E-state index >= 15 is 0 Å². The third kappa shape index (κ3) is 3.48. The number of carbonyl (C=O) groups excluding carboxylic acids is 1. The summed E-state index contributed by atoms with van der Waals surface area (Å²) in [5, 5.41) is 0. The molecule has 0 spiro atoms. The largest absolute Gasteiger partial charge is 0.299 e. The highest BCUT2D eigenvalue weighted by atomic mass is 127. The summed E-state index contributed by atoms with van der Waals surface area (Å²) in [5.74, 6) is 3.11. The first-order chi connectivity index (χ1) is 7.10. The third-order valence-corrected chi connectivity index (χ3v) is 5.58. The van der Waals surface area contributed by atoms with E-state index in [1.165, 1.54) is 6.42 Å². The molecule has 2 heteroatoms. The van der Waals surface area contributed by atoms with Gasteiger partial charge in [0.15, 0.2) is 0 Å². The van der Waals surface area contributed by atoms with E-state index in [-0.39, 0.29) is 9.34 Å². The lowest BCUT2D eigenvalue weighted by Crippen LogP contribution is -2.38. The van der Waals surface area contributed by atoms with E-state index in [9.17, 15) is 4.79 Å². The summed E-state index contributed by atoms with van der Waals surface area (Å²) in [6.07, 6.45) is 12.6. The van der Waals surface area contributed by atoms with Gasteiger partial charge in [0.1, 0.15) is 5.78 Å². The second kappa shape index (κ2) is 5.89. The first-order valence-electron chi connectivity index (χ1n) is 5.70. The Hall–Kier alpha value is -0.0400. The highest BCUT2D eigenvalue weighted by Crippen LogP contribution is 2.42. The molecule has 0 radical (unpaired) electrons. The monoisotopic (exact) mass is 318 g/mol. The Morgan fingerprint density at radius 3 is 3.00 bits per heavy atom. The van der Waals surface area contributed by atoms with Crippen molar-refractivity contribution in [3.63, 3.8) is 0 Å². The highest BCUT2D eigenvalue weighted by molar-refractivity contribution is 14.1. The van der Waals surface area contributed by atoms with Crippen LogP contribution in [0.4, 0.5) is 0 Å². The lowest BCUT2D eigenvalue weighted by atomic mass is 9.72. The van der Waals surface area contributed by atoms with Crippen LogP contribution in [-0.4, -0.2) is 9.71 Å². The van der Waals surface area contributed by atoms with Crippen LogP contribution in [-0.2, 0) is 4.79 Å². The number of terminal acetylenes is 1. The van der Waals surface area contributed by atoms with Crippen molar-refractivity contribution in [3.05, 3.63) is 0 Å². The molecule has 0 unspecified atom stereocenters. The van der Waals surface area contributed by atoms with E-state index in [4.69, 9.17) is 6.42 Å². The molecule has 0 amide bonds. The molecular formula is C13H19IO. The van der Waals surface area contributed by atoms with Crippen LogP contribution in [0.25, 0.3) is 0 Å². The van der Waals surface area contributed by atoms with Crippen LogP contribution in [0.15, 0.2) is 0 Å². The van der Waals surface area contributed by atoms with Crippen LogP contribution in [0.5, 0.6) is 0 Å². The number of hydrogen-bond donors (Lipinski definition) is 0. The highest BCUT2D eigenvalue weighted by Gasteiger charge is 2.39. The Morgan fingerprint density at radius 1 is 1.60 bits per heavy atom. The average Bonchev–Trinajstić information content (AvgIpc) is 2.21. The molecular weight excluding hydrogens is 299 g/mol. The maximum atomic E-state index is 11.7. The summed E-state index contributed by atoms with van der Waals surface area (Å²) < 4.78 is 0.217. The second-order valence-corrected chi connectivity index (χ2v) is 5.99. The van der Waals surface area contributed by atoms with Gasteiger partial charge in [0.05, 0.1) is 3.92 Å². The maximum Gasteiger partial charge on any atom is 0.146 e. The molecule has 84 valence electrons. The molecule has 1 fully saturated rings. The number of rotatable bonds is 4. The Bertz CT molecular complexity index is 266. The summed E-state index contributed by atoms with van der Waals surface area (Å²) >= 11 is 2.33. The molecule has 1 aliphatic carbocycles. The van der Waals surface area contributed by atoms with E-state index in [2.05, 4.69) is 35.4 Å². The van der Waals surface area contributed by atoms with Crippen molar-refractivity contribution < 1.29 is 4.79 Å². The van der Waals surface area contributed by atoms with Crippen LogP contribution >= 0.6 is 22.6 Å². The fourth-order valence-electron chi connectivity index (χ4n) is 2.32. The van der Waals surface area contributed by atoms with Gasteiger partial charge in [0.2, 0.25) is 0 Å². The van der Waals surface area contributed by atoms with Crippen LogP contribution in [0.3, 0.4) is 0 Å². The summed E-state index contributed by atoms with van der Waals surface area (Å²) in [7, 11) is 0. The Labute approximate surface area is 107 Å². The average molecular weight is 318 g/mol. The molecule has 0 saturated heterocycles. The number of ketones is 1. The van der Waals surface area contributed by atoms with Crippen molar-refractivity contribution in [2.24, 2.45) is 5.41 Å². The quantitative estimate of drug-likeness (QED) is 0.334. The number of alkyl halides is 1. The van der Waals surface area contributed by atoms with Gasteiger partial charge in [-0.05, 0) is 31.1 Å². The summed E-state index contributed by atoms with van der Waals surface area (Å²) in [4.78, 5) is 11.7. The van der Waals surface area contributed by atoms with Gasteiger partial charge in [0, 0.05) is 12.8 Å². The second-order valence-electron chi connectivity index (χ2n) is 4.75. The number of halogens is 1. The van der Waals surface area contributed by atoms with Gasteiger partial charge in [-0.3, -0.25) is 4.79 Å². The Kier molecular flexibility index (Phi) is 5.11. The minimum atomic E-state index is 0.217. The molecule has 1 rings (SSSR count). The summed E-state index contributed by atoms with van der Waals surface area (Å²) in [5.41, 5.74) is 0.227. The van der Waals surface area contributed by atoms with E-state index in [0.717, 1.165) is 38.5 Å². The van der Waals surface area contributed by atoms with Crippen molar-refractivity contribution in [2.75, 3.05) is 0 Å². The van der Waals surface area contributed by atoms with Crippen molar-refractivity contribution >= 4 is 28.4 Å². The zero-order valence-corrected chi connectivity index (χ0v) is 11.5. The molecule has 0 N–H and O–H groups in total. The Morgan fingerprint density at radius 2 is 2.33 bits per heavy atom. The van der Waals surface area contributed by atoms with Crippen LogP contribution < -0.4 is 0 Å².